The third kappa shape index (κ3) is 3.85. The fourth-order valence-corrected chi connectivity index (χ4v) is 2.65. The summed E-state index contributed by atoms with van der Waals surface area (Å²) in [6.45, 7) is 1.39. The van der Waals surface area contributed by atoms with Gasteiger partial charge in [0.15, 0.2) is 6.61 Å². The van der Waals surface area contributed by atoms with Crippen LogP contribution in [0.15, 0.2) is 59.2 Å². The van der Waals surface area contributed by atoms with E-state index in [0.29, 0.717) is 11.5 Å². The molecule has 1 amide bonds. The van der Waals surface area contributed by atoms with E-state index in [2.05, 4.69) is 5.32 Å². The van der Waals surface area contributed by atoms with Crippen LogP contribution in [-0.2, 0) is 9.53 Å². The van der Waals surface area contributed by atoms with Crippen molar-refractivity contribution in [3.8, 4) is 5.75 Å². The van der Waals surface area contributed by atoms with E-state index in [1.807, 2.05) is 24.3 Å². The van der Waals surface area contributed by atoms with E-state index in [4.69, 9.17) is 13.9 Å². The third-order valence-corrected chi connectivity index (χ3v) is 3.97. The molecule has 0 fully saturated rings. The third-order valence-electron chi connectivity index (χ3n) is 3.97. The van der Waals surface area contributed by atoms with Gasteiger partial charge < -0.3 is 19.2 Å². The lowest BCUT2D eigenvalue weighted by Crippen LogP contribution is -2.31. The zero-order valence-electron chi connectivity index (χ0n) is 14.5. The maximum atomic E-state index is 12.4. The Labute approximate surface area is 150 Å². The van der Waals surface area contributed by atoms with Crippen molar-refractivity contribution in [3.05, 3.63) is 66.1 Å². The van der Waals surface area contributed by atoms with Crippen molar-refractivity contribution in [2.24, 2.45) is 0 Å². The second-order valence-electron chi connectivity index (χ2n) is 5.78. The molecule has 0 aliphatic carbocycles. The van der Waals surface area contributed by atoms with Crippen molar-refractivity contribution in [1.82, 2.24) is 5.32 Å². The molecule has 0 radical (unpaired) electrons. The zero-order valence-corrected chi connectivity index (χ0v) is 14.5. The quantitative estimate of drug-likeness (QED) is 0.687. The maximum absolute atomic E-state index is 12.4. The Kier molecular flexibility index (Phi) is 5.22. The summed E-state index contributed by atoms with van der Waals surface area (Å²) in [5.74, 6) is -0.00523. The smallest absolute Gasteiger partial charge is 0.342 e. The summed E-state index contributed by atoms with van der Waals surface area (Å²) in [5, 5.41) is 4.54. The van der Waals surface area contributed by atoms with Gasteiger partial charge in [-0.15, -0.1) is 0 Å². The van der Waals surface area contributed by atoms with Crippen LogP contribution in [0, 0.1) is 0 Å². The van der Waals surface area contributed by atoms with Gasteiger partial charge in [0.05, 0.1) is 19.4 Å². The molecule has 1 N–H and O–H groups in total. The highest BCUT2D eigenvalue weighted by atomic mass is 16.5. The fourth-order valence-electron chi connectivity index (χ4n) is 2.65. The lowest BCUT2D eigenvalue weighted by Gasteiger charge is -2.13. The summed E-state index contributed by atoms with van der Waals surface area (Å²) in [7, 11) is 1.48. The first-order valence-electron chi connectivity index (χ1n) is 8.15. The standard InChI is InChI=1S/C20H19NO5/c1-13(17-8-5-9-25-17)21-19(22)12-26-20(23)16-10-14-6-3-4-7-15(14)11-18(16)24-2/h3-11,13H,12H2,1-2H3,(H,21,22)/t13-/m1/s1. The summed E-state index contributed by atoms with van der Waals surface area (Å²) >= 11 is 0. The van der Waals surface area contributed by atoms with Gasteiger partial charge in [0.1, 0.15) is 17.1 Å². The lowest BCUT2D eigenvalue weighted by molar-refractivity contribution is -0.125. The molecule has 0 spiro atoms. The molecule has 0 saturated heterocycles. The van der Waals surface area contributed by atoms with Crippen LogP contribution in [0.25, 0.3) is 10.8 Å². The molecule has 0 aliphatic heterocycles. The molecule has 6 heteroatoms. The van der Waals surface area contributed by atoms with E-state index in [0.717, 1.165) is 10.8 Å². The highest BCUT2D eigenvalue weighted by Crippen LogP contribution is 2.26. The minimum absolute atomic E-state index is 0.276. The van der Waals surface area contributed by atoms with Crippen LogP contribution in [0.3, 0.4) is 0 Å². The summed E-state index contributed by atoms with van der Waals surface area (Å²) < 4.78 is 15.6. The van der Waals surface area contributed by atoms with Crippen molar-refractivity contribution < 1.29 is 23.5 Å². The van der Waals surface area contributed by atoms with Crippen molar-refractivity contribution in [2.75, 3.05) is 13.7 Å². The fraction of sp³-hybridized carbons (Fsp3) is 0.200. The average molecular weight is 353 g/mol. The van der Waals surface area contributed by atoms with Crippen LogP contribution in [0.1, 0.15) is 29.1 Å². The summed E-state index contributed by atoms with van der Waals surface area (Å²) in [6, 6.07) is 14.3. The summed E-state index contributed by atoms with van der Waals surface area (Å²) in [6.07, 6.45) is 1.53. The lowest BCUT2D eigenvalue weighted by atomic mass is 10.1. The van der Waals surface area contributed by atoms with Gasteiger partial charge >= 0.3 is 5.97 Å². The van der Waals surface area contributed by atoms with Crippen molar-refractivity contribution >= 4 is 22.6 Å². The Morgan fingerprint density at radius 3 is 2.50 bits per heavy atom. The molecule has 3 aromatic rings. The normalized spacial score (nSPS) is 11.8. The van der Waals surface area contributed by atoms with E-state index in [1.165, 1.54) is 13.4 Å². The van der Waals surface area contributed by atoms with Crippen LogP contribution >= 0.6 is 0 Å². The molecule has 2 aromatic carbocycles. The number of carbonyl (C=O) groups is 2. The number of amides is 1. The predicted octanol–water partition coefficient (Wildman–Crippen LogP) is 3.48. The number of hydrogen-bond donors (Lipinski definition) is 1. The Balaban J connectivity index is 1.66. The second kappa shape index (κ2) is 7.74. The Morgan fingerprint density at radius 1 is 1.12 bits per heavy atom. The van der Waals surface area contributed by atoms with E-state index < -0.39 is 11.9 Å². The minimum Gasteiger partial charge on any atom is -0.496 e. The number of rotatable bonds is 6. The van der Waals surface area contributed by atoms with Gasteiger partial charge in [-0.25, -0.2) is 4.79 Å². The molecule has 6 nitrogen and oxygen atoms in total. The molecule has 0 unspecified atom stereocenters. The monoisotopic (exact) mass is 353 g/mol. The molecular weight excluding hydrogens is 334 g/mol. The Bertz CT molecular complexity index is 917. The van der Waals surface area contributed by atoms with E-state index >= 15 is 0 Å². The molecular formula is C20H19NO5. The van der Waals surface area contributed by atoms with Crippen LogP contribution in [0.5, 0.6) is 5.75 Å². The van der Waals surface area contributed by atoms with Gasteiger partial charge in [-0.3, -0.25) is 4.79 Å². The number of ether oxygens (including phenoxy) is 2. The molecule has 1 aromatic heterocycles. The SMILES string of the molecule is COc1cc2ccccc2cc1C(=O)OCC(=O)N[C@H](C)c1ccco1. The number of hydrogen-bond acceptors (Lipinski definition) is 5. The number of esters is 1. The largest absolute Gasteiger partial charge is 0.496 e. The van der Waals surface area contributed by atoms with Gasteiger partial charge in [0.25, 0.3) is 5.91 Å². The molecule has 134 valence electrons. The Hall–Kier alpha value is -3.28. The van der Waals surface area contributed by atoms with Gasteiger partial charge in [-0.2, -0.15) is 0 Å². The van der Waals surface area contributed by atoms with Crippen LogP contribution in [0.2, 0.25) is 0 Å². The first kappa shape index (κ1) is 17.5. The Morgan fingerprint density at radius 2 is 1.85 bits per heavy atom. The number of benzene rings is 2. The van der Waals surface area contributed by atoms with E-state index in [9.17, 15) is 9.59 Å². The molecule has 1 atom stereocenters. The number of fused-ring (bicyclic) bond motifs is 1. The molecule has 0 saturated carbocycles. The van der Waals surface area contributed by atoms with Crippen molar-refractivity contribution in [3.63, 3.8) is 0 Å². The van der Waals surface area contributed by atoms with Gasteiger partial charge in [0, 0.05) is 0 Å². The molecule has 26 heavy (non-hydrogen) atoms. The highest BCUT2D eigenvalue weighted by molar-refractivity contribution is 5.99. The number of carbonyl (C=O) groups excluding carboxylic acids is 2. The first-order chi connectivity index (χ1) is 12.6. The van der Waals surface area contributed by atoms with Crippen LogP contribution in [-0.4, -0.2) is 25.6 Å². The number of nitrogens with one attached hydrogen (secondary N) is 1. The topological polar surface area (TPSA) is 77.8 Å². The van der Waals surface area contributed by atoms with Gasteiger partial charge in [0.2, 0.25) is 0 Å². The van der Waals surface area contributed by atoms with Crippen molar-refractivity contribution in [2.45, 2.75) is 13.0 Å². The maximum Gasteiger partial charge on any atom is 0.342 e. The van der Waals surface area contributed by atoms with E-state index in [-0.39, 0.29) is 18.2 Å². The van der Waals surface area contributed by atoms with Gasteiger partial charge in [-0.05, 0) is 42.0 Å². The first-order valence-corrected chi connectivity index (χ1v) is 8.15. The summed E-state index contributed by atoms with van der Waals surface area (Å²) in [5.41, 5.74) is 0.276. The van der Waals surface area contributed by atoms with Crippen LogP contribution < -0.4 is 10.1 Å². The van der Waals surface area contributed by atoms with E-state index in [1.54, 1.807) is 31.2 Å². The predicted molar refractivity (Wildman–Crippen MR) is 96.0 cm³/mol. The zero-order chi connectivity index (χ0) is 18.5. The molecule has 1 heterocycles. The second-order valence-corrected chi connectivity index (χ2v) is 5.78. The number of furan rings is 1. The highest BCUT2D eigenvalue weighted by Gasteiger charge is 2.18. The molecule has 0 bridgehead atoms. The average Bonchev–Trinajstić information content (AvgIpc) is 3.20. The molecule has 3 rings (SSSR count). The molecule has 0 aliphatic rings. The van der Waals surface area contributed by atoms with Crippen molar-refractivity contribution in [1.29, 1.82) is 0 Å². The summed E-state index contributed by atoms with van der Waals surface area (Å²) in [4.78, 5) is 24.4. The van der Waals surface area contributed by atoms with Gasteiger partial charge in [-0.1, -0.05) is 24.3 Å². The minimum atomic E-state index is -0.617. The number of methoxy groups -OCH3 is 1. The van der Waals surface area contributed by atoms with Crippen LogP contribution in [0.4, 0.5) is 0 Å².